The van der Waals surface area contributed by atoms with Gasteiger partial charge in [0.25, 0.3) is 0 Å². The van der Waals surface area contributed by atoms with E-state index in [1.807, 2.05) is 7.05 Å². The minimum Gasteiger partial charge on any atom is -0.343 e. The second-order valence-electron chi connectivity index (χ2n) is 6.74. The molecule has 0 unspecified atom stereocenters. The summed E-state index contributed by atoms with van der Waals surface area (Å²) in [4.78, 5) is 14.5. The SMILES string of the molecule is CN(C(=O)CCC1CCNCC1)C1CCCCCCC1. The molecule has 0 bridgehead atoms. The van der Waals surface area contributed by atoms with E-state index in [0.29, 0.717) is 11.9 Å². The quantitative estimate of drug-likeness (QED) is 0.856. The number of piperidine rings is 1. The highest BCUT2D eigenvalue weighted by Gasteiger charge is 2.21. The fraction of sp³-hybridized carbons (Fsp3) is 0.941. The predicted molar refractivity (Wildman–Crippen MR) is 83.7 cm³/mol. The van der Waals surface area contributed by atoms with Crippen molar-refractivity contribution in [3.05, 3.63) is 0 Å². The summed E-state index contributed by atoms with van der Waals surface area (Å²) in [6, 6.07) is 0.510. The van der Waals surface area contributed by atoms with Crippen LogP contribution in [0.2, 0.25) is 0 Å². The maximum Gasteiger partial charge on any atom is 0.222 e. The Hall–Kier alpha value is -0.570. The molecule has 1 saturated carbocycles. The zero-order valence-corrected chi connectivity index (χ0v) is 13.2. The first kappa shape index (κ1) is 15.8. The van der Waals surface area contributed by atoms with Gasteiger partial charge in [-0.1, -0.05) is 32.1 Å². The Labute approximate surface area is 124 Å². The molecular weight excluding hydrogens is 248 g/mol. The van der Waals surface area contributed by atoms with E-state index in [9.17, 15) is 4.79 Å². The summed E-state index contributed by atoms with van der Waals surface area (Å²) in [5.41, 5.74) is 0. The summed E-state index contributed by atoms with van der Waals surface area (Å²) in [5.74, 6) is 1.15. The molecule has 0 aromatic heterocycles. The molecule has 0 aromatic rings. The highest BCUT2D eigenvalue weighted by molar-refractivity contribution is 5.76. The van der Waals surface area contributed by atoms with E-state index < -0.39 is 0 Å². The Bertz CT molecular complexity index is 279. The van der Waals surface area contributed by atoms with E-state index in [0.717, 1.165) is 31.8 Å². The minimum atomic E-state index is 0.383. The van der Waals surface area contributed by atoms with Crippen molar-refractivity contribution in [2.24, 2.45) is 5.92 Å². The first-order valence-corrected chi connectivity index (χ1v) is 8.74. The molecule has 1 amide bonds. The van der Waals surface area contributed by atoms with Crippen molar-refractivity contribution in [1.29, 1.82) is 0 Å². The van der Waals surface area contributed by atoms with Crippen molar-refractivity contribution < 1.29 is 4.79 Å². The van der Waals surface area contributed by atoms with Crippen LogP contribution in [0.3, 0.4) is 0 Å². The van der Waals surface area contributed by atoms with Crippen molar-refractivity contribution in [2.75, 3.05) is 20.1 Å². The average Bonchev–Trinajstić information content (AvgIpc) is 2.45. The van der Waals surface area contributed by atoms with Gasteiger partial charge in [0.15, 0.2) is 0 Å². The molecule has 0 spiro atoms. The van der Waals surface area contributed by atoms with Crippen molar-refractivity contribution in [3.8, 4) is 0 Å². The van der Waals surface area contributed by atoms with Crippen LogP contribution in [0.1, 0.15) is 70.6 Å². The molecule has 2 fully saturated rings. The highest BCUT2D eigenvalue weighted by Crippen LogP contribution is 2.23. The lowest BCUT2D eigenvalue weighted by Crippen LogP contribution is -2.38. The Morgan fingerprint density at radius 1 is 1.00 bits per heavy atom. The van der Waals surface area contributed by atoms with Crippen LogP contribution in [0.4, 0.5) is 0 Å². The number of rotatable bonds is 4. The second-order valence-corrected chi connectivity index (χ2v) is 6.74. The standard InChI is InChI=1S/C17H32N2O/c1-19(16-7-5-3-2-4-6-8-16)17(20)10-9-15-11-13-18-14-12-15/h15-16,18H,2-14H2,1H3. The number of carbonyl (C=O) groups excluding carboxylic acids is 1. The Balaban J connectivity index is 1.71. The number of hydrogen-bond donors (Lipinski definition) is 1. The van der Waals surface area contributed by atoms with Gasteiger partial charge in [0.05, 0.1) is 0 Å². The summed E-state index contributed by atoms with van der Waals surface area (Å²) >= 11 is 0. The Kier molecular flexibility index (Phi) is 6.85. The summed E-state index contributed by atoms with van der Waals surface area (Å²) in [6.45, 7) is 2.27. The van der Waals surface area contributed by atoms with Gasteiger partial charge in [0, 0.05) is 19.5 Å². The first-order valence-electron chi connectivity index (χ1n) is 8.74. The summed E-state index contributed by atoms with van der Waals surface area (Å²) in [7, 11) is 2.04. The van der Waals surface area contributed by atoms with E-state index in [4.69, 9.17) is 0 Å². The van der Waals surface area contributed by atoms with Crippen molar-refractivity contribution in [2.45, 2.75) is 76.7 Å². The zero-order valence-electron chi connectivity index (χ0n) is 13.2. The summed E-state index contributed by atoms with van der Waals surface area (Å²) < 4.78 is 0. The third-order valence-corrected chi connectivity index (χ3v) is 5.24. The molecule has 1 heterocycles. The maximum atomic E-state index is 12.4. The molecule has 0 aromatic carbocycles. The van der Waals surface area contributed by atoms with Gasteiger partial charge in [-0.15, -0.1) is 0 Å². The van der Waals surface area contributed by atoms with Gasteiger partial charge >= 0.3 is 0 Å². The molecule has 1 aliphatic carbocycles. The number of nitrogens with zero attached hydrogens (tertiary/aromatic N) is 1. The molecule has 20 heavy (non-hydrogen) atoms. The summed E-state index contributed by atoms with van der Waals surface area (Å²) in [6.07, 6.45) is 13.5. The molecule has 1 saturated heterocycles. The highest BCUT2D eigenvalue weighted by atomic mass is 16.2. The Morgan fingerprint density at radius 3 is 2.25 bits per heavy atom. The van der Waals surface area contributed by atoms with Gasteiger partial charge in [-0.2, -0.15) is 0 Å². The number of nitrogens with one attached hydrogen (secondary N) is 1. The lowest BCUT2D eigenvalue weighted by molar-refractivity contribution is -0.132. The predicted octanol–water partition coefficient (Wildman–Crippen LogP) is 3.34. The number of amides is 1. The average molecular weight is 280 g/mol. The van der Waals surface area contributed by atoms with Crippen molar-refractivity contribution in [1.82, 2.24) is 10.2 Å². The topological polar surface area (TPSA) is 32.3 Å². The van der Waals surface area contributed by atoms with E-state index in [1.165, 1.54) is 57.8 Å². The third-order valence-electron chi connectivity index (χ3n) is 5.24. The van der Waals surface area contributed by atoms with Crippen LogP contribution in [0, 0.1) is 5.92 Å². The minimum absolute atomic E-state index is 0.383. The zero-order chi connectivity index (χ0) is 14.2. The maximum absolute atomic E-state index is 12.4. The molecule has 0 atom stereocenters. The van der Waals surface area contributed by atoms with Crippen LogP contribution < -0.4 is 5.32 Å². The van der Waals surface area contributed by atoms with Crippen LogP contribution in [0.25, 0.3) is 0 Å². The van der Waals surface area contributed by atoms with Gasteiger partial charge in [0.2, 0.25) is 5.91 Å². The molecular formula is C17H32N2O. The molecule has 3 heteroatoms. The van der Waals surface area contributed by atoms with Gasteiger partial charge in [-0.25, -0.2) is 0 Å². The van der Waals surface area contributed by atoms with Crippen LogP contribution >= 0.6 is 0 Å². The number of hydrogen-bond acceptors (Lipinski definition) is 2. The van der Waals surface area contributed by atoms with E-state index in [1.54, 1.807) is 0 Å². The lowest BCUT2D eigenvalue weighted by atomic mass is 9.92. The molecule has 2 aliphatic rings. The molecule has 116 valence electrons. The van der Waals surface area contributed by atoms with Gasteiger partial charge in [0.1, 0.15) is 0 Å². The van der Waals surface area contributed by atoms with Crippen LogP contribution in [0.15, 0.2) is 0 Å². The van der Waals surface area contributed by atoms with Gasteiger partial charge in [-0.3, -0.25) is 4.79 Å². The van der Waals surface area contributed by atoms with E-state index >= 15 is 0 Å². The molecule has 2 rings (SSSR count). The first-order chi connectivity index (χ1) is 9.77. The Morgan fingerprint density at radius 2 is 1.60 bits per heavy atom. The molecule has 1 aliphatic heterocycles. The monoisotopic (exact) mass is 280 g/mol. The van der Waals surface area contributed by atoms with E-state index in [2.05, 4.69) is 10.2 Å². The largest absolute Gasteiger partial charge is 0.343 e. The molecule has 1 N–H and O–H groups in total. The van der Waals surface area contributed by atoms with E-state index in [-0.39, 0.29) is 0 Å². The van der Waals surface area contributed by atoms with Crippen LogP contribution in [0.5, 0.6) is 0 Å². The third kappa shape index (κ3) is 5.08. The van der Waals surface area contributed by atoms with Crippen LogP contribution in [-0.2, 0) is 4.79 Å². The molecule has 0 radical (unpaired) electrons. The van der Waals surface area contributed by atoms with Gasteiger partial charge < -0.3 is 10.2 Å². The summed E-state index contributed by atoms with van der Waals surface area (Å²) in [5, 5.41) is 3.39. The lowest BCUT2D eigenvalue weighted by Gasteiger charge is -2.30. The fourth-order valence-electron chi connectivity index (χ4n) is 3.70. The second kappa shape index (κ2) is 8.66. The van der Waals surface area contributed by atoms with Crippen LogP contribution in [-0.4, -0.2) is 37.0 Å². The normalized spacial score (nSPS) is 23.1. The van der Waals surface area contributed by atoms with Crippen molar-refractivity contribution in [3.63, 3.8) is 0 Å². The van der Waals surface area contributed by atoms with Crippen molar-refractivity contribution >= 4 is 5.91 Å². The van der Waals surface area contributed by atoms with Gasteiger partial charge in [-0.05, 0) is 51.1 Å². The molecule has 3 nitrogen and oxygen atoms in total. The number of carbonyl (C=O) groups is 1. The smallest absolute Gasteiger partial charge is 0.222 e. The fourth-order valence-corrected chi connectivity index (χ4v) is 3.70.